The molecule has 0 radical (unpaired) electrons. The number of ether oxygens (including phenoxy) is 1. The third-order valence-electron chi connectivity index (χ3n) is 5.76. The molecule has 8 heteroatoms. The Hall–Kier alpha value is -0.950. The fourth-order valence-electron chi connectivity index (χ4n) is 4.02. The van der Waals surface area contributed by atoms with Crippen LogP contribution in [0.25, 0.3) is 0 Å². The van der Waals surface area contributed by atoms with Gasteiger partial charge in [0.05, 0.1) is 22.3 Å². The van der Waals surface area contributed by atoms with E-state index in [1.807, 2.05) is 30.3 Å². The van der Waals surface area contributed by atoms with Gasteiger partial charge in [0.15, 0.2) is 0 Å². The molecule has 2 aromatic carbocycles. The second kappa shape index (κ2) is 11.8. The standard InChI is InChI=1S/C23H27Cl2N3O2.Na.H/c24-19-4-3-5-21(23(19)25)28-13-11-27(12-14-28)10-1-2-15-30-18-8-6-17-7-9-22(29)26-20(17)16-18;;/h3-6,8,16H,1-2,7,9-15H2,(H,26,29);;. The SMILES string of the molecule is O=C1CCc2ccc(OCCCCN3CCN(c4cccc(Cl)c4Cl)CC3)cc2N1.[NaH]. The van der Waals surface area contributed by atoms with E-state index in [1.165, 1.54) is 5.56 Å². The van der Waals surface area contributed by atoms with E-state index >= 15 is 0 Å². The summed E-state index contributed by atoms with van der Waals surface area (Å²) in [5.74, 6) is 0.903. The van der Waals surface area contributed by atoms with Crippen LogP contribution in [0.15, 0.2) is 36.4 Å². The van der Waals surface area contributed by atoms with Gasteiger partial charge < -0.3 is 15.0 Å². The summed E-state index contributed by atoms with van der Waals surface area (Å²) in [6.07, 6.45) is 3.47. The van der Waals surface area contributed by atoms with Gasteiger partial charge in [0, 0.05) is 44.4 Å². The number of carbonyl (C=O) groups excluding carboxylic acids is 1. The number of nitrogens with one attached hydrogen (secondary N) is 1. The molecule has 1 N–H and O–H groups in total. The monoisotopic (exact) mass is 471 g/mol. The molecule has 2 aliphatic heterocycles. The topological polar surface area (TPSA) is 44.8 Å². The molecule has 0 atom stereocenters. The molecular formula is C23H28Cl2N3NaO2. The molecule has 0 bridgehead atoms. The van der Waals surface area contributed by atoms with Crippen molar-refractivity contribution in [3.05, 3.63) is 52.0 Å². The third-order valence-corrected chi connectivity index (χ3v) is 6.57. The Bertz CT molecular complexity index is 904. The molecule has 0 spiro atoms. The van der Waals surface area contributed by atoms with Gasteiger partial charge in [0.1, 0.15) is 5.75 Å². The van der Waals surface area contributed by atoms with Crippen LogP contribution >= 0.6 is 23.2 Å². The summed E-state index contributed by atoms with van der Waals surface area (Å²) in [4.78, 5) is 16.3. The van der Waals surface area contributed by atoms with Crippen LogP contribution in [0.2, 0.25) is 10.0 Å². The number of piperazine rings is 1. The zero-order valence-corrected chi connectivity index (χ0v) is 18.5. The van der Waals surface area contributed by atoms with Gasteiger partial charge in [-0.05, 0) is 49.6 Å². The molecule has 5 nitrogen and oxygen atoms in total. The van der Waals surface area contributed by atoms with E-state index in [-0.39, 0.29) is 35.5 Å². The minimum atomic E-state index is 0. The zero-order chi connectivity index (χ0) is 20.9. The van der Waals surface area contributed by atoms with Crippen molar-refractivity contribution in [3.8, 4) is 5.75 Å². The average Bonchev–Trinajstić information content (AvgIpc) is 2.76. The molecule has 1 saturated heterocycles. The van der Waals surface area contributed by atoms with Gasteiger partial charge in [-0.3, -0.25) is 9.69 Å². The van der Waals surface area contributed by atoms with E-state index in [4.69, 9.17) is 27.9 Å². The number of carbonyl (C=O) groups is 1. The summed E-state index contributed by atoms with van der Waals surface area (Å²) in [6.45, 7) is 5.71. The average molecular weight is 472 g/mol. The van der Waals surface area contributed by atoms with Crippen LogP contribution in [0.4, 0.5) is 11.4 Å². The molecule has 2 aliphatic rings. The Morgan fingerprint density at radius 1 is 1.00 bits per heavy atom. The van der Waals surface area contributed by atoms with Crippen LogP contribution < -0.4 is 15.0 Å². The van der Waals surface area contributed by atoms with Gasteiger partial charge >= 0.3 is 29.6 Å². The number of aryl methyl sites for hydroxylation is 1. The summed E-state index contributed by atoms with van der Waals surface area (Å²) < 4.78 is 5.89. The van der Waals surface area contributed by atoms with Crippen molar-refractivity contribution in [3.63, 3.8) is 0 Å². The first kappa shape index (κ1) is 24.7. The van der Waals surface area contributed by atoms with Crippen molar-refractivity contribution < 1.29 is 9.53 Å². The molecule has 162 valence electrons. The molecule has 1 amide bonds. The van der Waals surface area contributed by atoms with Crippen LogP contribution in [0.5, 0.6) is 5.75 Å². The number of rotatable bonds is 7. The Morgan fingerprint density at radius 2 is 1.81 bits per heavy atom. The summed E-state index contributed by atoms with van der Waals surface area (Å²) >= 11 is 12.5. The molecule has 1 fully saturated rings. The van der Waals surface area contributed by atoms with Crippen LogP contribution in [0, 0.1) is 0 Å². The van der Waals surface area contributed by atoms with Crippen LogP contribution in [0.3, 0.4) is 0 Å². The van der Waals surface area contributed by atoms with Crippen LogP contribution in [-0.4, -0.2) is 79.7 Å². The molecule has 0 saturated carbocycles. The molecule has 4 rings (SSSR count). The minimum absolute atomic E-state index is 0. The first-order valence-electron chi connectivity index (χ1n) is 10.6. The van der Waals surface area contributed by atoms with Crippen molar-refractivity contribution >= 4 is 70.0 Å². The van der Waals surface area contributed by atoms with Crippen LogP contribution in [-0.2, 0) is 11.2 Å². The number of amides is 1. The summed E-state index contributed by atoms with van der Waals surface area (Å²) in [5, 5.41) is 4.18. The molecule has 0 aliphatic carbocycles. The number of hydrogen-bond donors (Lipinski definition) is 1. The van der Waals surface area contributed by atoms with E-state index < -0.39 is 0 Å². The van der Waals surface area contributed by atoms with Crippen molar-refractivity contribution in [2.75, 3.05) is 49.5 Å². The van der Waals surface area contributed by atoms with Gasteiger partial charge in [0.25, 0.3) is 0 Å². The van der Waals surface area contributed by atoms with E-state index in [2.05, 4.69) is 21.2 Å². The number of fused-ring (bicyclic) bond motifs is 1. The number of hydrogen-bond acceptors (Lipinski definition) is 4. The Morgan fingerprint density at radius 3 is 2.61 bits per heavy atom. The number of nitrogens with zero attached hydrogens (tertiary/aromatic N) is 2. The maximum atomic E-state index is 11.5. The molecule has 2 heterocycles. The maximum absolute atomic E-state index is 11.5. The molecule has 31 heavy (non-hydrogen) atoms. The fourth-order valence-corrected chi connectivity index (χ4v) is 4.43. The first-order chi connectivity index (χ1) is 14.6. The number of anilines is 2. The van der Waals surface area contributed by atoms with Crippen molar-refractivity contribution in [2.24, 2.45) is 0 Å². The van der Waals surface area contributed by atoms with Crippen LogP contribution in [0.1, 0.15) is 24.8 Å². The molecule has 2 aromatic rings. The van der Waals surface area contributed by atoms with Crippen molar-refractivity contribution in [1.29, 1.82) is 0 Å². The van der Waals surface area contributed by atoms with E-state index in [0.717, 1.165) is 69.1 Å². The van der Waals surface area contributed by atoms with Gasteiger partial charge in [0.2, 0.25) is 5.91 Å². The Balaban J connectivity index is 0.00000272. The summed E-state index contributed by atoms with van der Waals surface area (Å²) in [6, 6.07) is 11.8. The number of halogens is 2. The second-order valence-corrected chi connectivity index (χ2v) is 8.61. The van der Waals surface area contributed by atoms with Gasteiger partial charge in [-0.2, -0.15) is 0 Å². The summed E-state index contributed by atoms with van der Waals surface area (Å²) in [5.41, 5.74) is 3.10. The predicted octanol–water partition coefficient (Wildman–Crippen LogP) is 4.21. The van der Waals surface area contributed by atoms with E-state index in [1.54, 1.807) is 0 Å². The van der Waals surface area contributed by atoms with E-state index in [0.29, 0.717) is 23.1 Å². The van der Waals surface area contributed by atoms with Gasteiger partial charge in [-0.15, -0.1) is 0 Å². The van der Waals surface area contributed by atoms with E-state index in [9.17, 15) is 4.79 Å². The second-order valence-electron chi connectivity index (χ2n) is 7.82. The molecule has 0 aromatic heterocycles. The number of unbranched alkanes of at least 4 members (excludes halogenated alkanes) is 1. The quantitative estimate of drug-likeness (QED) is 0.485. The normalized spacial score (nSPS) is 16.3. The predicted molar refractivity (Wildman–Crippen MR) is 130 cm³/mol. The summed E-state index contributed by atoms with van der Waals surface area (Å²) in [7, 11) is 0. The number of benzene rings is 2. The third kappa shape index (κ3) is 6.53. The fraction of sp³-hybridized carbons (Fsp3) is 0.435. The zero-order valence-electron chi connectivity index (χ0n) is 17.0. The van der Waals surface area contributed by atoms with Crippen molar-refractivity contribution in [2.45, 2.75) is 25.7 Å². The van der Waals surface area contributed by atoms with Gasteiger partial charge in [-0.25, -0.2) is 0 Å². The first-order valence-corrected chi connectivity index (χ1v) is 11.3. The molecule has 0 unspecified atom stereocenters. The molecular weight excluding hydrogens is 444 g/mol. The van der Waals surface area contributed by atoms with Gasteiger partial charge in [-0.1, -0.05) is 35.3 Å². The Kier molecular flexibility index (Phi) is 9.38. The Labute approximate surface area is 216 Å². The van der Waals surface area contributed by atoms with Crippen molar-refractivity contribution in [1.82, 2.24) is 4.90 Å².